The van der Waals surface area contributed by atoms with E-state index in [-0.39, 0.29) is 24.2 Å². The number of methoxy groups -OCH3 is 1. The van der Waals surface area contributed by atoms with Crippen LogP contribution in [0.15, 0.2) is 53.3 Å². The van der Waals surface area contributed by atoms with Gasteiger partial charge in [0.25, 0.3) is 0 Å². The summed E-state index contributed by atoms with van der Waals surface area (Å²) in [6.45, 7) is 0.0250. The maximum Gasteiger partial charge on any atom is 0.325 e. The van der Waals surface area contributed by atoms with Crippen LogP contribution in [0.1, 0.15) is 0 Å². The van der Waals surface area contributed by atoms with Gasteiger partial charge in [0, 0.05) is 11.6 Å². The molecule has 2 heterocycles. The lowest BCUT2D eigenvalue weighted by atomic mass is 10.2. The van der Waals surface area contributed by atoms with Gasteiger partial charge in [-0.25, -0.2) is 9.97 Å². The van der Waals surface area contributed by atoms with E-state index >= 15 is 0 Å². The third-order valence-electron chi connectivity index (χ3n) is 3.41. The van der Waals surface area contributed by atoms with Gasteiger partial charge in [-0.15, -0.1) is 11.3 Å². The van der Waals surface area contributed by atoms with Gasteiger partial charge >= 0.3 is 5.97 Å². The first-order valence-corrected chi connectivity index (χ1v) is 9.54. The van der Waals surface area contributed by atoms with Crippen LogP contribution >= 0.6 is 23.1 Å². The molecule has 0 aliphatic carbocycles. The highest BCUT2D eigenvalue weighted by Gasteiger charge is 2.16. The molecule has 9 heteroatoms. The second-order valence-electron chi connectivity index (χ2n) is 5.13. The van der Waals surface area contributed by atoms with E-state index in [9.17, 15) is 9.59 Å². The SMILES string of the molecule is COC(=O)Cn1c(-c2ccccc2)cnc1SCC(=O)Nc1nccs1. The van der Waals surface area contributed by atoms with Crippen LogP contribution in [0.5, 0.6) is 0 Å². The summed E-state index contributed by atoms with van der Waals surface area (Å²) in [6.07, 6.45) is 3.32. The fourth-order valence-corrected chi connectivity index (χ4v) is 3.55. The summed E-state index contributed by atoms with van der Waals surface area (Å²) in [5.41, 5.74) is 1.72. The number of nitrogens with zero attached hydrogens (tertiary/aromatic N) is 3. The molecule has 7 nitrogen and oxygen atoms in total. The fraction of sp³-hybridized carbons (Fsp3) is 0.176. The van der Waals surface area contributed by atoms with Crippen LogP contribution in [-0.2, 0) is 20.9 Å². The number of aromatic nitrogens is 3. The number of thioether (sulfide) groups is 1. The molecule has 0 fully saturated rings. The number of anilines is 1. The molecule has 1 amide bonds. The number of thiazole rings is 1. The fourth-order valence-electron chi connectivity index (χ4n) is 2.23. The maximum absolute atomic E-state index is 12.1. The lowest BCUT2D eigenvalue weighted by molar-refractivity contribution is -0.141. The smallest absolute Gasteiger partial charge is 0.325 e. The van der Waals surface area contributed by atoms with Crippen molar-refractivity contribution in [1.82, 2.24) is 14.5 Å². The number of benzene rings is 1. The third kappa shape index (κ3) is 4.50. The predicted octanol–water partition coefficient (Wildman–Crippen LogP) is 2.91. The molecule has 0 spiro atoms. The molecule has 0 saturated carbocycles. The largest absolute Gasteiger partial charge is 0.468 e. The van der Waals surface area contributed by atoms with Crippen LogP contribution in [0.25, 0.3) is 11.3 Å². The number of ether oxygens (including phenoxy) is 1. The van der Waals surface area contributed by atoms with Crippen molar-refractivity contribution in [1.29, 1.82) is 0 Å². The molecule has 0 saturated heterocycles. The Balaban J connectivity index is 1.76. The number of nitrogens with one attached hydrogen (secondary N) is 1. The minimum absolute atomic E-state index is 0.0250. The number of carbonyl (C=O) groups excluding carboxylic acids is 2. The molecule has 1 aromatic carbocycles. The Kier molecular flexibility index (Phi) is 6.03. The minimum atomic E-state index is -0.380. The van der Waals surface area contributed by atoms with Gasteiger partial charge in [0.05, 0.1) is 24.8 Å². The Labute approximate surface area is 158 Å². The van der Waals surface area contributed by atoms with Gasteiger partial charge in [-0.2, -0.15) is 0 Å². The quantitative estimate of drug-likeness (QED) is 0.495. The van der Waals surface area contributed by atoms with Crippen molar-refractivity contribution >= 4 is 40.1 Å². The zero-order chi connectivity index (χ0) is 18.4. The van der Waals surface area contributed by atoms with Crippen molar-refractivity contribution in [3.05, 3.63) is 48.1 Å². The zero-order valence-electron chi connectivity index (χ0n) is 13.9. The van der Waals surface area contributed by atoms with Gasteiger partial charge in [-0.3, -0.25) is 9.59 Å². The van der Waals surface area contributed by atoms with Crippen molar-refractivity contribution < 1.29 is 14.3 Å². The van der Waals surface area contributed by atoms with Crippen LogP contribution in [0.3, 0.4) is 0 Å². The van der Waals surface area contributed by atoms with Gasteiger partial charge in [0.2, 0.25) is 5.91 Å². The van der Waals surface area contributed by atoms with E-state index < -0.39 is 0 Å². The number of rotatable bonds is 7. The molecule has 1 N–H and O–H groups in total. The molecule has 0 bridgehead atoms. The average molecular weight is 388 g/mol. The predicted molar refractivity (Wildman–Crippen MR) is 101 cm³/mol. The Morgan fingerprint density at radius 1 is 1.27 bits per heavy atom. The lowest BCUT2D eigenvalue weighted by Gasteiger charge is -2.10. The standard InChI is InChI=1S/C17H16N4O3S2/c1-24-15(23)10-21-13(12-5-3-2-4-6-12)9-19-17(21)26-11-14(22)20-16-18-7-8-25-16/h2-9H,10-11H2,1H3,(H,18,20,22). The third-order valence-corrected chi connectivity index (χ3v) is 5.09. The molecule has 3 rings (SSSR count). The second-order valence-corrected chi connectivity index (χ2v) is 6.97. The molecule has 134 valence electrons. The van der Waals surface area contributed by atoms with Crippen molar-refractivity contribution in [2.24, 2.45) is 0 Å². The maximum atomic E-state index is 12.1. The van der Waals surface area contributed by atoms with Crippen LogP contribution in [0, 0.1) is 0 Å². The number of hydrogen-bond acceptors (Lipinski definition) is 7. The number of amides is 1. The Morgan fingerprint density at radius 2 is 2.08 bits per heavy atom. The van der Waals surface area contributed by atoms with E-state index in [1.54, 1.807) is 22.3 Å². The highest BCUT2D eigenvalue weighted by Crippen LogP contribution is 2.26. The molecule has 0 aliphatic heterocycles. The van der Waals surface area contributed by atoms with Gasteiger partial charge in [-0.1, -0.05) is 42.1 Å². The van der Waals surface area contributed by atoms with Gasteiger partial charge in [-0.05, 0) is 5.56 Å². The zero-order valence-corrected chi connectivity index (χ0v) is 15.5. The average Bonchev–Trinajstić information content (AvgIpc) is 3.30. The summed E-state index contributed by atoms with van der Waals surface area (Å²) < 4.78 is 6.53. The van der Waals surface area contributed by atoms with Crippen LogP contribution in [-0.4, -0.2) is 39.3 Å². The van der Waals surface area contributed by atoms with Crippen molar-refractivity contribution in [2.75, 3.05) is 18.2 Å². The second kappa shape index (κ2) is 8.63. The van der Waals surface area contributed by atoms with E-state index in [4.69, 9.17) is 4.74 Å². The molecule has 0 unspecified atom stereocenters. The first-order chi connectivity index (χ1) is 12.7. The van der Waals surface area contributed by atoms with E-state index in [0.717, 1.165) is 11.3 Å². The summed E-state index contributed by atoms with van der Waals surface area (Å²) in [7, 11) is 1.34. The Hall–Kier alpha value is -2.65. The number of carbonyl (C=O) groups is 2. The van der Waals surface area contributed by atoms with Crippen molar-refractivity contribution in [3.8, 4) is 11.3 Å². The normalized spacial score (nSPS) is 10.5. The minimum Gasteiger partial charge on any atom is -0.468 e. The highest BCUT2D eigenvalue weighted by molar-refractivity contribution is 7.99. The van der Waals surface area contributed by atoms with Crippen LogP contribution < -0.4 is 5.32 Å². The summed E-state index contributed by atoms with van der Waals surface area (Å²) in [5, 5.41) is 5.64. The number of imidazole rings is 1. The molecule has 26 heavy (non-hydrogen) atoms. The van der Waals surface area contributed by atoms with E-state index in [0.29, 0.717) is 10.3 Å². The molecule has 0 radical (unpaired) electrons. The topological polar surface area (TPSA) is 86.1 Å². The van der Waals surface area contributed by atoms with E-state index in [1.807, 2.05) is 30.3 Å². The van der Waals surface area contributed by atoms with Gasteiger partial charge in [0.1, 0.15) is 6.54 Å². The molecular weight excluding hydrogens is 372 g/mol. The lowest BCUT2D eigenvalue weighted by Crippen LogP contribution is -2.16. The Bertz CT molecular complexity index is 879. The van der Waals surface area contributed by atoms with Gasteiger partial charge < -0.3 is 14.6 Å². The molecule has 2 aromatic heterocycles. The molecule has 3 aromatic rings. The van der Waals surface area contributed by atoms with Gasteiger partial charge in [0.15, 0.2) is 10.3 Å². The number of hydrogen-bond donors (Lipinski definition) is 1. The first-order valence-electron chi connectivity index (χ1n) is 7.67. The number of esters is 1. The summed E-state index contributed by atoms with van der Waals surface area (Å²) >= 11 is 2.61. The Morgan fingerprint density at radius 3 is 2.77 bits per heavy atom. The van der Waals surface area contributed by atoms with Crippen LogP contribution in [0.2, 0.25) is 0 Å². The molecule has 0 aliphatic rings. The van der Waals surface area contributed by atoms with Crippen molar-refractivity contribution in [3.63, 3.8) is 0 Å². The van der Waals surface area contributed by atoms with Crippen molar-refractivity contribution in [2.45, 2.75) is 11.7 Å². The summed E-state index contributed by atoms with van der Waals surface area (Å²) in [6, 6.07) is 9.63. The highest BCUT2D eigenvalue weighted by atomic mass is 32.2. The van der Waals surface area contributed by atoms with Crippen LogP contribution in [0.4, 0.5) is 5.13 Å². The van der Waals surface area contributed by atoms with E-state index in [2.05, 4.69) is 15.3 Å². The summed E-state index contributed by atoms with van der Waals surface area (Å²) in [5.74, 6) is -0.403. The summed E-state index contributed by atoms with van der Waals surface area (Å²) in [4.78, 5) is 32.2. The molecule has 0 atom stereocenters. The monoisotopic (exact) mass is 388 g/mol. The molecular formula is C17H16N4O3S2. The first kappa shape index (κ1) is 18.2. The van der Waals surface area contributed by atoms with E-state index in [1.165, 1.54) is 30.2 Å².